The maximum absolute atomic E-state index is 12.3. The molecule has 0 saturated carbocycles. The quantitative estimate of drug-likeness (QED) is 0.297. The number of nitrogens with one attached hydrogen (secondary N) is 1. The van der Waals surface area contributed by atoms with Crippen molar-refractivity contribution >= 4 is 46.6 Å². The number of thioether (sulfide) groups is 1. The van der Waals surface area contributed by atoms with Gasteiger partial charge in [0.1, 0.15) is 0 Å². The SMILES string of the molecule is CCn1c(SCC(=O)N/N=C(\C)c2ccc(Cl)cc2Cl)nnc1-c1ccc(C)cc1. The molecule has 156 valence electrons. The van der Waals surface area contributed by atoms with E-state index in [-0.39, 0.29) is 11.7 Å². The third-order valence-corrected chi connectivity index (χ3v) is 5.86. The van der Waals surface area contributed by atoms with Gasteiger partial charge in [-0.05, 0) is 32.9 Å². The van der Waals surface area contributed by atoms with Crippen LogP contribution in [-0.2, 0) is 11.3 Å². The maximum Gasteiger partial charge on any atom is 0.250 e. The minimum absolute atomic E-state index is 0.164. The topological polar surface area (TPSA) is 72.2 Å². The zero-order valence-corrected chi connectivity index (χ0v) is 19.1. The van der Waals surface area contributed by atoms with Crippen molar-refractivity contribution in [1.29, 1.82) is 0 Å². The summed E-state index contributed by atoms with van der Waals surface area (Å²) in [5.74, 6) is 0.704. The van der Waals surface area contributed by atoms with Gasteiger partial charge in [0.2, 0.25) is 0 Å². The normalized spacial score (nSPS) is 11.6. The number of hydrogen-bond donors (Lipinski definition) is 1. The maximum atomic E-state index is 12.3. The van der Waals surface area contributed by atoms with Crippen LogP contribution < -0.4 is 5.43 Å². The van der Waals surface area contributed by atoms with Crippen LogP contribution in [0.2, 0.25) is 10.0 Å². The highest BCUT2D eigenvalue weighted by molar-refractivity contribution is 7.99. The summed E-state index contributed by atoms with van der Waals surface area (Å²) in [5.41, 5.74) is 6.03. The van der Waals surface area contributed by atoms with E-state index in [0.717, 1.165) is 11.4 Å². The second-order valence-electron chi connectivity index (χ2n) is 6.56. The predicted octanol–water partition coefficient (Wildman–Crippen LogP) is 5.21. The van der Waals surface area contributed by atoms with E-state index < -0.39 is 0 Å². The van der Waals surface area contributed by atoms with Crippen molar-refractivity contribution in [3.8, 4) is 11.4 Å². The molecule has 0 aliphatic carbocycles. The van der Waals surface area contributed by atoms with E-state index in [1.807, 2.05) is 42.7 Å². The van der Waals surface area contributed by atoms with Gasteiger partial charge in [0.25, 0.3) is 5.91 Å². The van der Waals surface area contributed by atoms with E-state index in [4.69, 9.17) is 23.2 Å². The molecule has 1 aromatic heterocycles. The monoisotopic (exact) mass is 461 g/mol. The van der Waals surface area contributed by atoms with Crippen LogP contribution in [0.5, 0.6) is 0 Å². The molecule has 3 rings (SSSR count). The largest absolute Gasteiger partial charge is 0.302 e. The summed E-state index contributed by atoms with van der Waals surface area (Å²) in [6, 6.07) is 13.2. The highest BCUT2D eigenvalue weighted by Gasteiger charge is 2.14. The summed E-state index contributed by atoms with van der Waals surface area (Å²) < 4.78 is 1.99. The average molecular weight is 462 g/mol. The number of hydrazone groups is 1. The van der Waals surface area contributed by atoms with Crippen LogP contribution in [0.4, 0.5) is 0 Å². The van der Waals surface area contributed by atoms with Crippen LogP contribution in [-0.4, -0.2) is 32.1 Å². The van der Waals surface area contributed by atoms with Crippen molar-refractivity contribution in [1.82, 2.24) is 20.2 Å². The van der Waals surface area contributed by atoms with Crippen molar-refractivity contribution in [2.24, 2.45) is 5.10 Å². The van der Waals surface area contributed by atoms with Crippen molar-refractivity contribution in [2.75, 3.05) is 5.75 Å². The first-order valence-corrected chi connectivity index (χ1v) is 11.0. The summed E-state index contributed by atoms with van der Waals surface area (Å²) in [6.07, 6.45) is 0. The molecule has 2 aromatic carbocycles. The fourth-order valence-corrected chi connectivity index (χ4v) is 4.09. The average Bonchev–Trinajstić information content (AvgIpc) is 3.14. The Bertz CT molecular complexity index is 1080. The zero-order valence-electron chi connectivity index (χ0n) is 16.8. The Morgan fingerprint density at radius 1 is 1.17 bits per heavy atom. The van der Waals surface area contributed by atoms with Gasteiger partial charge in [-0.1, -0.05) is 70.9 Å². The highest BCUT2D eigenvalue weighted by Crippen LogP contribution is 2.24. The second kappa shape index (κ2) is 10.1. The molecule has 3 aromatic rings. The highest BCUT2D eigenvalue weighted by atomic mass is 35.5. The third kappa shape index (κ3) is 5.41. The predicted molar refractivity (Wildman–Crippen MR) is 123 cm³/mol. The number of halogens is 2. The number of nitrogens with zero attached hydrogens (tertiary/aromatic N) is 4. The van der Waals surface area contributed by atoms with Gasteiger partial charge in [-0.15, -0.1) is 10.2 Å². The number of carbonyl (C=O) groups excluding carboxylic acids is 1. The first kappa shape index (κ1) is 22.3. The molecule has 1 amide bonds. The molecule has 1 N–H and O–H groups in total. The number of hydrogen-bond acceptors (Lipinski definition) is 5. The van der Waals surface area contributed by atoms with E-state index in [1.165, 1.54) is 17.3 Å². The van der Waals surface area contributed by atoms with E-state index in [2.05, 4.69) is 20.7 Å². The van der Waals surface area contributed by atoms with Gasteiger partial charge >= 0.3 is 0 Å². The van der Waals surface area contributed by atoms with Crippen LogP contribution >= 0.6 is 35.0 Å². The number of benzene rings is 2. The van der Waals surface area contributed by atoms with Crippen molar-refractivity contribution in [2.45, 2.75) is 32.5 Å². The van der Waals surface area contributed by atoms with Gasteiger partial charge in [0, 0.05) is 22.7 Å². The van der Waals surface area contributed by atoms with Crippen molar-refractivity contribution < 1.29 is 4.79 Å². The lowest BCUT2D eigenvalue weighted by Gasteiger charge is -2.08. The smallest absolute Gasteiger partial charge is 0.250 e. The molecule has 9 heteroatoms. The van der Waals surface area contributed by atoms with E-state index in [0.29, 0.717) is 33.0 Å². The van der Waals surface area contributed by atoms with Gasteiger partial charge < -0.3 is 4.57 Å². The molecule has 0 spiro atoms. The molecular weight excluding hydrogens is 441 g/mol. The van der Waals surface area contributed by atoms with Crippen LogP contribution in [0.3, 0.4) is 0 Å². The van der Waals surface area contributed by atoms with Crippen molar-refractivity contribution in [3.63, 3.8) is 0 Å². The number of amides is 1. The molecule has 0 aliphatic heterocycles. The molecule has 0 radical (unpaired) electrons. The van der Waals surface area contributed by atoms with Crippen LogP contribution in [0, 0.1) is 6.92 Å². The molecule has 6 nitrogen and oxygen atoms in total. The van der Waals surface area contributed by atoms with Crippen LogP contribution in [0.25, 0.3) is 11.4 Å². The lowest BCUT2D eigenvalue weighted by Crippen LogP contribution is -2.21. The molecule has 0 unspecified atom stereocenters. The van der Waals surface area contributed by atoms with E-state index in [1.54, 1.807) is 25.1 Å². The molecule has 1 heterocycles. The van der Waals surface area contributed by atoms with Gasteiger partial charge in [-0.3, -0.25) is 4.79 Å². The van der Waals surface area contributed by atoms with Gasteiger partial charge in [-0.2, -0.15) is 5.10 Å². The first-order chi connectivity index (χ1) is 14.4. The fraction of sp³-hybridized carbons (Fsp3) is 0.238. The zero-order chi connectivity index (χ0) is 21.7. The summed E-state index contributed by atoms with van der Waals surface area (Å²) in [4.78, 5) is 12.3. The Balaban J connectivity index is 1.64. The second-order valence-corrected chi connectivity index (χ2v) is 8.35. The molecule has 0 atom stereocenters. The van der Waals surface area contributed by atoms with Gasteiger partial charge in [0.05, 0.1) is 16.5 Å². The summed E-state index contributed by atoms with van der Waals surface area (Å²) >= 11 is 13.4. The molecule has 0 saturated heterocycles. The fourth-order valence-electron chi connectivity index (χ4n) is 2.75. The molecule has 0 bridgehead atoms. The summed E-state index contributed by atoms with van der Waals surface area (Å²) in [6.45, 7) is 6.53. The molecule has 0 fully saturated rings. The lowest BCUT2D eigenvalue weighted by molar-refractivity contribution is -0.118. The lowest BCUT2D eigenvalue weighted by atomic mass is 10.1. The summed E-state index contributed by atoms with van der Waals surface area (Å²) in [5, 5.41) is 14.4. The standard InChI is InChI=1S/C21H21Cl2N5OS/c1-4-28-20(15-7-5-13(2)6-8-15)26-27-21(28)30-12-19(29)25-24-14(3)17-10-9-16(22)11-18(17)23/h5-11H,4,12H2,1-3H3,(H,25,29)/b24-14+. The molecule has 30 heavy (non-hydrogen) atoms. The first-order valence-electron chi connectivity index (χ1n) is 9.30. The minimum Gasteiger partial charge on any atom is -0.302 e. The van der Waals surface area contributed by atoms with Crippen LogP contribution in [0.1, 0.15) is 25.0 Å². The Hall–Kier alpha value is -2.35. The van der Waals surface area contributed by atoms with Gasteiger partial charge in [-0.25, -0.2) is 5.43 Å². The Kier molecular flexibility index (Phi) is 7.53. The Morgan fingerprint density at radius 2 is 1.90 bits per heavy atom. The van der Waals surface area contributed by atoms with Crippen molar-refractivity contribution in [3.05, 3.63) is 63.6 Å². The Morgan fingerprint density at radius 3 is 2.57 bits per heavy atom. The van der Waals surface area contributed by atoms with E-state index in [9.17, 15) is 4.79 Å². The Labute approximate surface area is 189 Å². The third-order valence-electron chi connectivity index (χ3n) is 4.34. The molecule has 0 aliphatic rings. The van der Waals surface area contributed by atoms with E-state index >= 15 is 0 Å². The number of rotatable bonds is 7. The van der Waals surface area contributed by atoms with Crippen LogP contribution in [0.15, 0.2) is 52.7 Å². The number of carbonyl (C=O) groups is 1. The number of aromatic nitrogens is 3. The minimum atomic E-state index is -0.244. The summed E-state index contributed by atoms with van der Waals surface area (Å²) in [7, 11) is 0. The molecular formula is C21H21Cl2N5OS. The number of aryl methyl sites for hydroxylation is 1. The van der Waals surface area contributed by atoms with Gasteiger partial charge in [0.15, 0.2) is 11.0 Å².